The number of pyridine rings is 1. The number of anilines is 1. The van der Waals surface area contributed by atoms with Crippen molar-refractivity contribution < 1.29 is 0 Å². The fourth-order valence-corrected chi connectivity index (χ4v) is 3.22. The Kier molecular flexibility index (Phi) is 3.40. The molecule has 0 spiro atoms. The SMILES string of the molecule is O=c1ccc2c(NCc3ccsc3Br)cccc2[nH]1. The van der Waals surface area contributed by atoms with Crippen molar-refractivity contribution in [2.24, 2.45) is 0 Å². The van der Waals surface area contributed by atoms with Crippen LogP contribution in [0.1, 0.15) is 5.56 Å². The first-order valence-electron chi connectivity index (χ1n) is 5.82. The molecule has 0 aliphatic rings. The van der Waals surface area contributed by atoms with Gasteiger partial charge in [0, 0.05) is 23.7 Å². The van der Waals surface area contributed by atoms with Crippen molar-refractivity contribution in [3.63, 3.8) is 0 Å². The van der Waals surface area contributed by atoms with Crippen LogP contribution >= 0.6 is 27.3 Å². The van der Waals surface area contributed by atoms with Crippen LogP contribution in [0.3, 0.4) is 0 Å². The highest BCUT2D eigenvalue weighted by atomic mass is 79.9. The highest BCUT2D eigenvalue weighted by molar-refractivity contribution is 9.11. The van der Waals surface area contributed by atoms with Gasteiger partial charge in [0.05, 0.1) is 9.30 Å². The highest BCUT2D eigenvalue weighted by Gasteiger charge is 2.04. The number of rotatable bonds is 3. The molecule has 2 heterocycles. The van der Waals surface area contributed by atoms with E-state index in [1.807, 2.05) is 24.3 Å². The van der Waals surface area contributed by atoms with Gasteiger partial charge < -0.3 is 10.3 Å². The third-order valence-electron chi connectivity index (χ3n) is 2.93. The summed E-state index contributed by atoms with van der Waals surface area (Å²) in [5.74, 6) is 0. The largest absolute Gasteiger partial charge is 0.380 e. The first-order chi connectivity index (χ1) is 9.24. The zero-order valence-corrected chi connectivity index (χ0v) is 12.3. The lowest BCUT2D eigenvalue weighted by Gasteiger charge is -2.09. The Bertz CT molecular complexity index is 778. The van der Waals surface area contributed by atoms with Crippen LogP contribution in [0.5, 0.6) is 0 Å². The highest BCUT2D eigenvalue weighted by Crippen LogP contribution is 2.26. The average Bonchev–Trinajstić information content (AvgIpc) is 2.81. The van der Waals surface area contributed by atoms with Crippen molar-refractivity contribution in [1.29, 1.82) is 0 Å². The van der Waals surface area contributed by atoms with Gasteiger partial charge >= 0.3 is 0 Å². The van der Waals surface area contributed by atoms with Gasteiger partial charge in [-0.3, -0.25) is 4.79 Å². The van der Waals surface area contributed by atoms with E-state index in [2.05, 4.69) is 37.7 Å². The second-order valence-corrected chi connectivity index (χ2v) is 6.40. The summed E-state index contributed by atoms with van der Waals surface area (Å²) in [6.45, 7) is 0.752. The number of benzene rings is 1. The van der Waals surface area contributed by atoms with E-state index >= 15 is 0 Å². The fourth-order valence-electron chi connectivity index (χ4n) is 1.98. The third-order valence-corrected chi connectivity index (χ3v) is 4.74. The molecule has 0 aliphatic carbocycles. The van der Waals surface area contributed by atoms with Crippen molar-refractivity contribution in [3.05, 3.63) is 61.5 Å². The lowest BCUT2D eigenvalue weighted by molar-refractivity contribution is 1.16. The summed E-state index contributed by atoms with van der Waals surface area (Å²) in [7, 11) is 0. The molecule has 0 atom stereocenters. The number of H-pyrrole nitrogens is 1. The maximum absolute atomic E-state index is 11.3. The summed E-state index contributed by atoms with van der Waals surface area (Å²) in [4.78, 5) is 14.1. The molecule has 0 saturated heterocycles. The number of aromatic amines is 1. The van der Waals surface area contributed by atoms with Crippen LogP contribution in [-0.2, 0) is 6.54 Å². The van der Waals surface area contributed by atoms with E-state index in [-0.39, 0.29) is 5.56 Å². The van der Waals surface area contributed by atoms with Crippen LogP contribution in [-0.4, -0.2) is 4.98 Å². The second-order valence-electron chi connectivity index (χ2n) is 4.16. The van der Waals surface area contributed by atoms with Crippen LogP contribution < -0.4 is 10.9 Å². The third kappa shape index (κ3) is 2.57. The molecule has 19 heavy (non-hydrogen) atoms. The maximum atomic E-state index is 11.3. The van der Waals surface area contributed by atoms with Gasteiger partial charge in [0.1, 0.15) is 0 Å². The molecule has 0 fully saturated rings. The first-order valence-corrected chi connectivity index (χ1v) is 7.49. The molecule has 0 bridgehead atoms. The Balaban J connectivity index is 1.93. The van der Waals surface area contributed by atoms with Gasteiger partial charge in [0.15, 0.2) is 0 Å². The van der Waals surface area contributed by atoms with E-state index in [1.54, 1.807) is 17.4 Å². The predicted molar refractivity (Wildman–Crippen MR) is 83.9 cm³/mol. The van der Waals surface area contributed by atoms with Gasteiger partial charge in [-0.25, -0.2) is 0 Å². The van der Waals surface area contributed by atoms with E-state index in [9.17, 15) is 4.79 Å². The lowest BCUT2D eigenvalue weighted by Crippen LogP contribution is -2.04. The van der Waals surface area contributed by atoms with Crippen LogP contribution in [0.15, 0.2) is 50.4 Å². The molecule has 0 saturated carbocycles. The van der Waals surface area contributed by atoms with Crippen molar-refractivity contribution in [1.82, 2.24) is 4.98 Å². The number of hydrogen-bond acceptors (Lipinski definition) is 3. The average molecular weight is 335 g/mol. The van der Waals surface area contributed by atoms with Crippen LogP contribution in [0.25, 0.3) is 10.9 Å². The molecule has 1 aromatic carbocycles. The molecule has 2 aromatic heterocycles. The molecule has 0 aliphatic heterocycles. The quantitative estimate of drug-likeness (QED) is 0.761. The number of nitrogens with one attached hydrogen (secondary N) is 2. The van der Waals surface area contributed by atoms with Gasteiger partial charge in [-0.1, -0.05) is 6.07 Å². The topological polar surface area (TPSA) is 44.9 Å². The summed E-state index contributed by atoms with van der Waals surface area (Å²) in [5.41, 5.74) is 3.02. The fraction of sp³-hybridized carbons (Fsp3) is 0.0714. The molecule has 96 valence electrons. The minimum atomic E-state index is -0.0785. The standard InChI is InChI=1S/C14H11BrN2OS/c15-14-9(6-7-19-14)8-16-11-2-1-3-12-10(11)4-5-13(18)17-12/h1-7,16H,8H2,(H,17,18). The van der Waals surface area contributed by atoms with Gasteiger partial charge in [0.2, 0.25) is 5.56 Å². The molecular weight excluding hydrogens is 324 g/mol. The molecule has 3 nitrogen and oxygen atoms in total. The smallest absolute Gasteiger partial charge is 0.248 e. The zero-order chi connectivity index (χ0) is 13.2. The number of halogens is 1. The van der Waals surface area contributed by atoms with Gasteiger partial charge in [-0.15, -0.1) is 11.3 Å². The summed E-state index contributed by atoms with van der Waals surface area (Å²) >= 11 is 5.20. The van der Waals surface area contributed by atoms with Crippen LogP contribution in [0.4, 0.5) is 5.69 Å². The predicted octanol–water partition coefficient (Wildman–Crippen LogP) is 3.96. The van der Waals surface area contributed by atoms with Crippen LogP contribution in [0, 0.1) is 0 Å². The summed E-state index contributed by atoms with van der Waals surface area (Å²) in [5, 5.41) is 6.48. The minimum Gasteiger partial charge on any atom is -0.380 e. The van der Waals surface area contributed by atoms with Crippen LogP contribution in [0.2, 0.25) is 0 Å². The van der Waals surface area contributed by atoms with E-state index in [4.69, 9.17) is 0 Å². The molecule has 0 unspecified atom stereocenters. The van der Waals surface area contributed by atoms with E-state index < -0.39 is 0 Å². The molecule has 3 aromatic rings. The van der Waals surface area contributed by atoms with E-state index in [1.165, 1.54) is 5.56 Å². The Morgan fingerprint density at radius 3 is 2.89 bits per heavy atom. The van der Waals surface area contributed by atoms with Crippen molar-refractivity contribution in [2.75, 3.05) is 5.32 Å². The zero-order valence-electron chi connectivity index (χ0n) is 9.94. The van der Waals surface area contributed by atoms with Gasteiger partial charge in [-0.2, -0.15) is 0 Å². The molecule has 0 amide bonds. The Labute approximate surface area is 122 Å². The normalized spacial score (nSPS) is 10.8. The Morgan fingerprint density at radius 2 is 2.11 bits per heavy atom. The van der Waals surface area contributed by atoms with Gasteiger partial charge in [0.25, 0.3) is 0 Å². The molecule has 0 radical (unpaired) electrons. The maximum Gasteiger partial charge on any atom is 0.248 e. The Morgan fingerprint density at radius 1 is 1.21 bits per heavy atom. The second kappa shape index (κ2) is 5.19. The first kappa shape index (κ1) is 12.4. The number of aromatic nitrogens is 1. The summed E-state index contributed by atoms with van der Waals surface area (Å²) in [6, 6.07) is 11.3. The van der Waals surface area contributed by atoms with Crippen molar-refractivity contribution >= 4 is 43.9 Å². The lowest BCUT2D eigenvalue weighted by atomic mass is 10.2. The number of thiophene rings is 1. The molecule has 5 heteroatoms. The minimum absolute atomic E-state index is 0.0785. The molecular formula is C14H11BrN2OS. The monoisotopic (exact) mass is 334 g/mol. The summed E-state index contributed by atoms with van der Waals surface area (Å²) in [6.07, 6.45) is 0. The molecule has 2 N–H and O–H groups in total. The molecule has 3 rings (SSSR count). The number of hydrogen-bond donors (Lipinski definition) is 2. The van der Waals surface area contributed by atoms with E-state index in [0.29, 0.717) is 0 Å². The van der Waals surface area contributed by atoms with E-state index in [0.717, 1.165) is 26.9 Å². The van der Waals surface area contributed by atoms with Gasteiger partial charge in [-0.05, 0) is 51.1 Å². The van der Waals surface area contributed by atoms with Crippen molar-refractivity contribution in [3.8, 4) is 0 Å². The van der Waals surface area contributed by atoms with Crippen molar-refractivity contribution in [2.45, 2.75) is 6.54 Å². The Hall–Kier alpha value is -1.59. The number of fused-ring (bicyclic) bond motifs is 1. The summed E-state index contributed by atoms with van der Waals surface area (Å²) < 4.78 is 1.15.